The Labute approximate surface area is 193 Å². The van der Waals surface area contributed by atoms with Gasteiger partial charge in [0.2, 0.25) is 5.91 Å². The minimum atomic E-state index is -0.639. The maximum atomic E-state index is 13.9. The Morgan fingerprint density at radius 1 is 1.09 bits per heavy atom. The molecular formula is C24H19ClFN3O2S. The molecule has 1 heterocycles. The number of hydrogen-bond donors (Lipinski definition) is 1. The number of amides is 1. The van der Waals surface area contributed by atoms with Crippen molar-refractivity contribution in [3.8, 4) is 0 Å². The van der Waals surface area contributed by atoms with Crippen LogP contribution >= 0.6 is 23.4 Å². The summed E-state index contributed by atoms with van der Waals surface area (Å²) >= 11 is 7.45. The van der Waals surface area contributed by atoms with E-state index in [1.54, 1.807) is 49.4 Å². The molecule has 3 aromatic carbocycles. The number of benzene rings is 3. The third kappa shape index (κ3) is 4.69. The lowest BCUT2D eigenvalue weighted by molar-refractivity contribution is -0.115. The number of halogens is 2. The van der Waals surface area contributed by atoms with Crippen molar-refractivity contribution in [2.24, 2.45) is 0 Å². The van der Waals surface area contributed by atoms with E-state index in [2.05, 4.69) is 10.3 Å². The van der Waals surface area contributed by atoms with E-state index >= 15 is 0 Å². The molecule has 0 aliphatic carbocycles. The van der Waals surface area contributed by atoms with E-state index in [-0.39, 0.29) is 17.8 Å². The largest absolute Gasteiger partial charge is 0.323 e. The molecule has 0 radical (unpaired) electrons. The van der Waals surface area contributed by atoms with Gasteiger partial charge in [0, 0.05) is 5.02 Å². The van der Waals surface area contributed by atoms with Crippen LogP contribution in [0.15, 0.2) is 82.7 Å². The molecule has 1 aromatic heterocycles. The number of thioether (sulfide) groups is 1. The lowest BCUT2D eigenvalue weighted by Crippen LogP contribution is -2.27. The van der Waals surface area contributed by atoms with Gasteiger partial charge >= 0.3 is 0 Å². The Kier molecular flexibility index (Phi) is 6.58. The molecule has 0 spiro atoms. The van der Waals surface area contributed by atoms with Crippen LogP contribution in [0.3, 0.4) is 0 Å². The summed E-state index contributed by atoms with van der Waals surface area (Å²) in [5, 5.41) is 3.34. The third-order valence-electron chi connectivity index (χ3n) is 4.90. The fourth-order valence-corrected chi connectivity index (χ4v) is 4.29. The van der Waals surface area contributed by atoms with Gasteiger partial charge in [-0.3, -0.25) is 14.2 Å². The van der Waals surface area contributed by atoms with Crippen molar-refractivity contribution in [2.75, 3.05) is 5.32 Å². The molecule has 0 aliphatic rings. The topological polar surface area (TPSA) is 64.0 Å². The first-order chi connectivity index (χ1) is 15.4. The molecule has 1 unspecified atom stereocenters. The molecule has 0 saturated heterocycles. The second-order valence-electron chi connectivity index (χ2n) is 7.12. The summed E-state index contributed by atoms with van der Waals surface area (Å²) < 4.78 is 15.4. The summed E-state index contributed by atoms with van der Waals surface area (Å²) in [5.41, 5.74) is 1.18. The number of anilines is 1. The zero-order valence-electron chi connectivity index (χ0n) is 17.1. The first kappa shape index (κ1) is 22.0. The predicted octanol–water partition coefficient (Wildman–Crippen LogP) is 5.36. The fraction of sp³-hybridized carbons (Fsp3) is 0.125. The van der Waals surface area contributed by atoms with Gasteiger partial charge in [-0.2, -0.15) is 0 Å². The van der Waals surface area contributed by atoms with Crippen LogP contribution in [0.25, 0.3) is 10.9 Å². The molecule has 8 heteroatoms. The maximum Gasteiger partial charge on any atom is 0.262 e. The number of rotatable bonds is 6. The SMILES string of the molecule is CC(Sc1nc2ccccc2c(=O)n1Cc1ccccc1Cl)C(=O)Nc1ccccc1F. The maximum absolute atomic E-state index is 13.9. The van der Waals surface area contributed by atoms with Gasteiger partial charge in [-0.1, -0.05) is 65.8 Å². The number of aromatic nitrogens is 2. The van der Waals surface area contributed by atoms with Gasteiger partial charge in [0.15, 0.2) is 5.16 Å². The van der Waals surface area contributed by atoms with Gasteiger partial charge < -0.3 is 5.32 Å². The molecule has 162 valence electrons. The summed E-state index contributed by atoms with van der Waals surface area (Å²) in [6, 6.07) is 20.3. The summed E-state index contributed by atoms with van der Waals surface area (Å²) in [6.07, 6.45) is 0. The minimum Gasteiger partial charge on any atom is -0.323 e. The van der Waals surface area contributed by atoms with Crippen molar-refractivity contribution in [3.05, 3.63) is 99.6 Å². The van der Waals surface area contributed by atoms with Crippen molar-refractivity contribution in [1.29, 1.82) is 0 Å². The average molecular weight is 468 g/mol. The molecule has 1 N–H and O–H groups in total. The number of fused-ring (bicyclic) bond motifs is 1. The van der Waals surface area contributed by atoms with Crippen LogP contribution < -0.4 is 10.9 Å². The van der Waals surface area contributed by atoms with Crippen LogP contribution in [-0.4, -0.2) is 20.7 Å². The van der Waals surface area contributed by atoms with E-state index in [1.165, 1.54) is 16.7 Å². The number of carbonyl (C=O) groups excluding carboxylic acids is 1. The Morgan fingerprint density at radius 2 is 1.78 bits per heavy atom. The zero-order valence-corrected chi connectivity index (χ0v) is 18.7. The second-order valence-corrected chi connectivity index (χ2v) is 8.84. The summed E-state index contributed by atoms with van der Waals surface area (Å²) in [6.45, 7) is 1.89. The number of hydrogen-bond acceptors (Lipinski definition) is 4. The van der Waals surface area contributed by atoms with Gasteiger partial charge in [-0.15, -0.1) is 0 Å². The van der Waals surface area contributed by atoms with E-state index in [1.807, 2.05) is 18.2 Å². The van der Waals surface area contributed by atoms with Gasteiger partial charge in [0.05, 0.1) is 28.4 Å². The van der Waals surface area contributed by atoms with Gasteiger partial charge in [-0.05, 0) is 42.8 Å². The molecule has 1 atom stereocenters. The Balaban J connectivity index is 1.69. The second kappa shape index (κ2) is 9.54. The normalized spacial score (nSPS) is 12.0. The molecular weight excluding hydrogens is 449 g/mol. The summed E-state index contributed by atoms with van der Waals surface area (Å²) in [5.74, 6) is -0.913. The van der Waals surface area contributed by atoms with E-state index in [0.29, 0.717) is 21.1 Å². The fourth-order valence-electron chi connectivity index (χ4n) is 3.18. The average Bonchev–Trinajstić information content (AvgIpc) is 2.79. The molecule has 4 aromatic rings. The van der Waals surface area contributed by atoms with E-state index < -0.39 is 17.0 Å². The Morgan fingerprint density at radius 3 is 2.56 bits per heavy atom. The molecule has 0 saturated carbocycles. The lowest BCUT2D eigenvalue weighted by atomic mass is 10.2. The van der Waals surface area contributed by atoms with E-state index in [4.69, 9.17) is 11.6 Å². The minimum absolute atomic E-state index is 0.102. The highest BCUT2D eigenvalue weighted by Gasteiger charge is 2.21. The number of carbonyl (C=O) groups is 1. The zero-order chi connectivity index (χ0) is 22.7. The highest BCUT2D eigenvalue weighted by Crippen LogP contribution is 2.26. The van der Waals surface area contributed by atoms with Crippen molar-refractivity contribution < 1.29 is 9.18 Å². The Bertz CT molecular complexity index is 1360. The van der Waals surface area contributed by atoms with Crippen LogP contribution in [-0.2, 0) is 11.3 Å². The molecule has 5 nitrogen and oxygen atoms in total. The molecule has 32 heavy (non-hydrogen) atoms. The lowest BCUT2D eigenvalue weighted by Gasteiger charge is -2.17. The van der Waals surface area contributed by atoms with Crippen LogP contribution in [0.2, 0.25) is 5.02 Å². The number of nitrogens with zero attached hydrogens (tertiary/aromatic N) is 2. The highest BCUT2D eigenvalue weighted by molar-refractivity contribution is 8.00. The first-order valence-electron chi connectivity index (χ1n) is 9.89. The highest BCUT2D eigenvalue weighted by atomic mass is 35.5. The monoisotopic (exact) mass is 467 g/mol. The molecule has 1 amide bonds. The summed E-state index contributed by atoms with van der Waals surface area (Å²) in [7, 11) is 0. The standard InChI is InChI=1S/C24H19ClFN3O2S/c1-15(22(30)27-21-13-7-5-11-19(21)26)32-24-28-20-12-6-3-9-17(20)23(31)29(24)14-16-8-2-4-10-18(16)25/h2-13,15H,14H2,1H3,(H,27,30). The van der Waals surface area contributed by atoms with Gasteiger partial charge in [0.25, 0.3) is 5.56 Å². The van der Waals surface area contributed by atoms with Crippen LogP contribution in [0.1, 0.15) is 12.5 Å². The third-order valence-corrected chi connectivity index (χ3v) is 6.35. The van der Waals surface area contributed by atoms with E-state index in [0.717, 1.165) is 17.3 Å². The molecule has 0 fully saturated rings. The van der Waals surface area contributed by atoms with Crippen molar-refractivity contribution in [3.63, 3.8) is 0 Å². The first-order valence-corrected chi connectivity index (χ1v) is 11.1. The van der Waals surface area contributed by atoms with Crippen LogP contribution in [0, 0.1) is 5.82 Å². The smallest absolute Gasteiger partial charge is 0.262 e. The van der Waals surface area contributed by atoms with Crippen LogP contribution in [0.5, 0.6) is 0 Å². The van der Waals surface area contributed by atoms with Crippen molar-refractivity contribution in [1.82, 2.24) is 9.55 Å². The van der Waals surface area contributed by atoms with Crippen molar-refractivity contribution in [2.45, 2.75) is 23.9 Å². The molecule has 4 rings (SSSR count). The Hall–Kier alpha value is -3.16. The number of nitrogens with one attached hydrogen (secondary N) is 1. The predicted molar refractivity (Wildman–Crippen MR) is 127 cm³/mol. The number of para-hydroxylation sites is 2. The quantitative estimate of drug-likeness (QED) is 0.306. The summed E-state index contributed by atoms with van der Waals surface area (Å²) in [4.78, 5) is 30.6. The van der Waals surface area contributed by atoms with E-state index in [9.17, 15) is 14.0 Å². The molecule has 0 bridgehead atoms. The van der Waals surface area contributed by atoms with Crippen LogP contribution in [0.4, 0.5) is 10.1 Å². The van der Waals surface area contributed by atoms with Crippen molar-refractivity contribution >= 4 is 45.9 Å². The molecule has 0 aliphatic heterocycles. The van der Waals surface area contributed by atoms with Gasteiger partial charge in [0.1, 0.15) is 5.82 Å². The van der Waals surface area contributed by atoms with Gasteiger partial charge in [-0.25, -0.2) is 9.37 Å².